The SMILES string of the molecule is CCCOCCOCCOCCOCCOCCOCCC.COCCC(=O)CCCS(=O)(=O)c1ccc(C(=O)N2CCOc3ccc(-c4ccc(N)nc4)cc3C2)c(C)c1F.COCCCC(=O)O[C@@H]1CC[C@@H](C[C@@H](C)[C@@H]2C[C@@H](OC)[C@H](C)/C=C(\C)[C@@H](O)[C@@H](OC)C(=O)[C@H](C)C[C@H](C)/C=C/C=C/C=C(\C)[C@@H](OC)C[C@@H]3CC[C@@H](C)[C@@](O)(O3)C(=O)C(=O)N3CCCC[C@H]3C(=O)O2)C[C@H]1OC. The number of hydrogen-bond acceptors (Lipinski definition) is 29. The van der Waals surface area contributed by atoms with Crippen LogP contribution < -0.4 is 10.5 Å². The highest BCUT2D eigenvalue weighted by Crippen LogP contribution is 2.40. The summed E-state index contributed by atoms with van der Waals surface area (Å²) in [5.74, 6) is -8.05. The number of aliphatic hydroxyl groups excluding tert-OH is 1. The summed E-state index contributed by atoms with van der Waals surface area (Å²) in [4.78, 5) is 102. The number of nitrogens with zero attached hydrogens (tertiary/aromatic N) is 3. The maximum Gasteiger partial charge on any atom is 0.329 e. The largest absolute Gasteiger partial charge is 0.491 e. The number of cyclic esters (lactones) is 1. The number of benzene rings is 2. The van der Waals surface area contributed by atoms with Gasteiger partial charge in [0.2, 0.25) is 5.79 Å². The first-order chi connectivity index (χ1) is 64.7. The van der Waals surface area contributed by atoms with Gasteiger partial charge in [-0.25, -0.2) is 22.6 Å². The number of pyridine rings is 1. The number of methoxy groups -OCH3 is 6. The average Bonchev–Trinajstić information content (AvgIpc) is 1.29. The van der Waals surface area contributed by atoms with Crippen LogP contribution in [0.4, 0.5) is 10.2 Å². The summed E-state index contributed by atoms with van der Waals surface area (Å²) < 4.78 is 131. The Kier molecular flexibility index (Phi) is 53.6. The van der Waals surface area contributed by atoms with Gasteiger partial charge in [0, 0.05) is 148 Å². The number of esters is 2. The number of nitrogen functional groups attached to an aromatic ring is 1. The Balaban J connectivity index is 0.000000373. The summed E-state index contributed by atoms with van der Waals surface area (Å²) in [7, 11) is 5.28. The second kappa shape index (κ2) is 62.4. The van der Waals surface area contributed by atoms with Gasteiger partial charge in [-0.3, -0.25) is 28.8 Å². The number of Topliss-reactive ketones (excluding diaryl/α,β-unsaturated/α-hetero) is 3. The van der Waals surface area contributed by atoms with Gasteiger partial charge in [-0.1, -0.05) is 91.0 Å². The van der Waals surface area contributed by atoms with E-state index < -0.39 is 111 Å². The van der Waals surface area contributed by atoms with E-state index in [2.05, 4.69) is 18.8 Å². The molecular weight excluding hydrogens is 1760 g/mol. The van der Waals surface area contributed by atoms with Crippen molar-refractivity contribution in [1.82, 2.24) is 14.8 Å². The normalized spacial score (nSPS) is 26.4. The fraction of sp³-hybridized carbons (Fsp3) is 0.686. The van der Waals surface area contributed by atoms with Crippen LogP contribution >= 0.6 is 0 Å². The number of carbonyl (C=O) groups is 7. The number of fused-ring (bicyclic) bond motifs is 4. The Morgan fingerprint density at radius 2 is 1.31 bits per heavy atom. The van der Waals surface area contributed by atoms with Crippen molar-refractivity contribution in [3.05, 3.63) is 119 Å². The third kappa shape index (κ3) is 38.5. The minimum absolute atomic E-state index is 0.0343. The zero-order valence-corrected chi connectivity index (χ0v) is 83.7. The standard InChI is InChI=1S/C57H91NO15.C29H32FN3O6S.C16H34O6/c1-35-19-14-13-15-20-36(2)46(67-9)33-43-25-23-41(7)57(65,73-43)54(62)55(63)58-27-17-16-21-44(58)56(64)72-48(34-47(68-10)37(3)30-40(6)52(61)53(70-12)51(60)39(5)29-35)38(4)31-42-24-26-45(49(32-42)69-11)71-50(59)22-18-28-66-8;1-19-24(7-9-26(28(19)30)40(36,37)15-3-4-23(34)11-13-38-2)29(35)33-12-14-39-25-8-5-20(16-22(25)18-33)21-6-10-27(31)32-17-21;1-3-5-17-7-9-19-11-13-21-15-16-22-14-12-20-10-8-18-6-4-2/h13-15,19-20,30,35,37-39,41-49,52-53,61,65H,16-18,21-29,31-34H2,1-12H3;5-10,16-17H,3-4,11-15,18H2,1-2H3,(H2,31,32);3-16H2,1-2H3/b15-13+,19-14+,36-20+,40-30+;;/t35-,37-,38-,39-,41-,42+,43+,44+,45-,46+,47-,48+,49-,52-,53+,57-;;/m1../s1. The first-order valence-electron chi connectivity index (χ1n) is 48.2. The summed E-state index contributed by atoms with van der Waals surface area (Å²) in [6, 6.07) is 10.6. The predicted octanol–water partition coefficient (Wildman–Crippen LogP) is 13.5. The van der Waals surface area contributed by atoms with Gasteiger partial charge in [-0.05, 0) is 187 Å². The van der Waals surface area contributed by atoms with Crippen molar-refractivity contribution in [3.8, 4) is 16.9 Å². The molecule has 2 amide bonds. The molecule has 4 aliphatic heterocycles. The monoisotopic (exact) mass is 1920 g/mol. The number of halogens is 1. The molecule has 1 aromatic heterocycles. The number of aromatic nitrogens is 1. The molecule has 33 heteroatoms. The number of ether oxygens (including phenoxy) is 16. The summed E-state index contributed by atoms with van der Waals surface area (Å²) in [5, 5.41) is 23.7. The molecule has 3 fully saturated rings. The van der Waals surface area contributed by atoms with E-state index in [1.165, 1.54) is 32.1 Å². The molecule has 16 atom stereocenters. The highest BCUT2D eigenvalue weighted by molar-refractivity contribution is 7.91. The van der Waals surface area contributed by atoms with Gasteiger partial charge < -0.3 is 102 Å². The molecule has 1 aliphatic carbocycles. The van der Waals surface area contributed by atoms with E-state index in [0.717, 1.165) is 60.8 Å². The number of anilines is 1. The molecule has 760 valence electrons. The number of carbonyl (C=O) groups excluding carboxylic acids is 7. The first kappa shape index (κ1) is 116. The van der Waals surface area contributed by atoms with Crippen molar-refractivity contribution >= 4 is 56.8 Å². The molecule has 2 saturated heterocycles. The number of sulfone groups is 1. The molecule has 31 nitrogen and oxygen atoms in total. The Bertz CT molecular complexity index is 4300. The van der Waals surface area contributed by atoms with Crippen LogP contribution in [0.2, 0.25) is 0 Å². The lowest BCUT2D eigenvalue weighted by Gasteiger charge is -2.43. The van der Waals surface area contributed by atoms with Crippen LogP contribution in [0.1, 0.15) is 206 Å². The van der Waals surface area contributed by atoms with Crippen LogP contribution in [0, 0.1) is 48.2 Å². The molecule has 2 aromatic carbocycles. The lowest BCUT2D eigenvalue weighted by Crippen LogP contribution is -2.61. The Hall–Kier alpha value is -7.68. The van der Waals surface area contributed by atoms with Gasteiger partial charge in [-0.2, -0.15) is 0 Å². The van der Waals surface area contributed by atoms with Crippen LogP contribution in [0.5, 0.6) is 5.75 Å². The van der Waals surface area contributed by atoms with E-state index in [-0.39, 0.29) is 136 Å². The van der Waals surface area contributed by atoms with Crippen LogP contribution in [0.15, 0.2) is 101 Å². The van der Waals surface area contributed by atoms with Crippen molar-refractivity contribution < 1.29 is 132 Å². The molecule has 0 spiro atoms. The minimum atomic E-state index is -3.99. The summed E-state index contributed by atoms with van der Waals surface area (Å²) >= 11 is 0. The van der Waals surface area contributed by atoms with E-state index in [0.29, 0.717) is 154 Å². The second-order valence-corrected chi connectivity index (χ2v) is 37.9. The molecule has 8 rings (SSSR count). The number of ketones is 3. The van der Waals surface area contributed by atoms with E-state index in [9.17, 15) is 52.2 Å². The third-order valence-corrected chi connectivity index (χ3v) is 27.1. The van der Waals surface area contributed by atoms with Gasteiger partial charge in [0.05, 0.1) is 109 Å². The number of aliphatic hydroxyl groups is 2. The zero-order chi connectivity index (χ0) is 99.0. The van der Waals surface area contributed by atoms with E-state index in [4.69, 9.17) is 81.5 Å². The summed E-state index contributed by atoms with van der Waals surface area (Å²) in [6.45, 7) is 28.0. The van der Waals surface area contributed by atoms with Crippen LogP contribution in [-0.2, 0) is 116 Å². The molecule has 135 heavy (non-hydrogen) atoms. The molecule has 3 aromatic rings. The fourth-order valence-corrected chi connectivity index (χ4v) is 18.7. The Morgan fingerprint density at radius 3 is 1.92 bits per heavy atom. The molecule has 4 N–H and O–H groups in total. The highest BCUT2D eigenvalue weighted by Gasteiger charge is 2.53. The summed E-state index contributed by atoms with van der Waals surface area (Å²) in [6.07, 6.45) is 17.1. The van der Waals surface area contributed by atoms with Gasteiger partial charge in [0.1, 0.15) is 65.1 Å². The van der Waals surface area contributed by atoms with Gasteiger partial charge in [0.25, 0.3) is 17.6 Å². The maximum absolute atomic E-state index is 15.4. The molecule has 0 unspecified atom stereocenters. The number of amides is 2. The number of rotatable bonds is 41. The second-order valence-electron chi connectivity index (χ2n) is 35.9. The number of allylic oxidation sites excluding steroid dienone is 5. The van der Waals surface area contributed by atoms with Crippen LogP contribution in [0.3, 0.4) is 0 Å². The van der Waals surface area contributed by atoms with Crippen molar-refractivity contribution in [2.45, 2.75) is 263 Å². The highest BCUT2D eigenvalue weighted by atomic mass is 32.2. The first-order valence-corrected chi connectivity index (χ1v) is 49.8. The quantitative estimate of drug-likeness (QED) is 0.0205. The number of piperidine rings is 1. The molecule has 5 heterocycles. The average molecular weight is 1920 g/mol. The zero-order valence-electron chi connectivity index (χ0n) is 82.9. The molecule has 1 saturated carbocycles. The number of hydrogen-bond donors (Lipinski definition) is 3. The molecule has 5 aliphatic rings. The van der Waals surface area contributed by atoms with Crippen LogP contribution in [0.25, 0.3) is 11.1 Å². The van der Waals surface area contributed by atoms with E-state index in [1.807, 2.05) is 95.3 Å². The maximum atomic E-state index is 15.4. The Morgan fingerprint density at radius 1 is 0.667 bits per heavy atom. The topological polar surface area (TPSA) is 387 Å². The fourth-order valence-electron chi connectivity index (χ4n) is 17.3. The predicted molar refractivity (Wildman–Crippen MR) is 510 cm³/mol. The van der Waals surface area contributed by atoms with Gasteiger partial charge >= 0.3 is 11.9 Å². The molecule has 0 radical (unpaired) electrons. The third-order valence-electron chi connectivity index (χ3n) is 25.3. The van der Waals surface area contributed by atoms with Crippen LogP contribution in [-0.4, -0.2) is 296 Å². The summed E-state index contributed by atoms with van der Waals surface area (Å²) in [5.41, 5.74) is 9.64. The number of nitrogens with two attached hydrogens (primary N) is 1. The van der Waals surface area contributed by atoms with Crippen molar-refractivity contribution in [2.24, 2.45) is 35.5 Å². The van der Waals surface area contributed by atoms with E-state index in [1.54, 1.807) is 59.4 Å². The van der Waals surface area contributed by atoms with E-state index >= 15 is 4.39 Å². The van der Waals surface area contributed by atoms with Crippen molar-refractivity contribution in [1.29, 1.82) is 0 Å². The van der Waals surface area contributed by atoms with Gasteiger partial charge in [0.15, 0.2) is 15.6 Å². The van der Waals surface area contributed by atoms with Crippen molar-refractivity contribution in [3.63, 3.8) is 0 Å². The molecular formula is C102H157FN4O27S. The lowest BCUT2D eigenvalue weighted by atomic mass is 9.78. The lowest BCUT2D eigenvalue weighted by molar-refractivity contribution is -0.265. The smallest absolute Gasteiger partial charge is 0.329 e. The minimum Gasteiger partial charge on any atom is -0.491 e. The van der Waals surface area contributed by atoms with Crippen molar-refractivity contribution in [2.75, 3.05) is 166 Å². The van der Waals surface area contributed by atoms with Gasteiger partial charge in [-0.15, -0.1) is 0 Å². The Labute approximate surface area is 800 Å². The molecule has 2 bridgehead atoms.